The molecule has 3 aromatic rings. The van der Waals surface area contributed by atoms with Crippen molar-refractivity contribution in [1.29, 1.82) is 0 Å². The maximum atomic E-state index is 13.5. The predicted octanol–water partition coefficient (Wildman–Crippen LogP) is 2.72. The van der Waals surface area contributed by atoms with E-state index < -0.39 is 29.8 Å². The van der Waals surface area contributed by atoms with Crippen LogP contribution in [0.4, 0.5) is 15.7 Å². The van der Waals surface area contributed by atoms with Crippen molar-refractivity contribution >= 4 is 40.1 Å². The Morgan fingerprint density at radius 2 is 2.00 bits per heavy atom. The molecule has 4 amide bonds. The molecule has 1 fully saturated rings. The topological polar surface area (TPSA) is 134 Å². The molecule has 1 saturated heterocycles. The van der Waals surface area contributed by atoms with Crippen LogP contribution < -0.4 is 16.0 Å². The first-order valence-electron chi connectivity index (χ1n) is 11.3. The number of anilines is 2. The van der Waals surface area contributed by atoms with Crippen molar-refractivity contribution in [1.82, 2.24) is 25.4 Å². The first kappa shape index (κ1) is 24.3. The van der Waals surface area contributed by atoms with Crippen LogP contribution in [0.1, 0.15) is 36.2 Å². The average Bonchev–Trinajstić information content (AvgIpc) is 3.38. The number of hydrogen-bond acceptors (Lipinski definition) is 8. The molecule has 11 heteroatoms. The lowest BCUT2D eigenvalue weighted by atomic mass is 9.81. The Balaban J connectivity index is 1.60. The number of pyridine rings is 1. The quantitative estimate of drug-likeness (QED) is 0.483. The first-order chi connectivity index (χ1) is 16.8. The Kier molecular flexibility index (Phi) is 7.06. The lowest BCUT2D eigenvalue weighted by Gasteiger charge is -2.45. The fourth-order valence-corrected chi connectivity index (χ4v) is 4.86. The predicted molar refractivity (Wildman–Crippen MR) is 133 cm³/mol. The lowest BCUT2D eigenvalue weighted by Crippen LogP contribution is -2.70. The fraction of sp³-hybridized carbons (Fsp3) is 0.333. The Labute approximate surface area is 207 Å². The van der Waals surface area contributed by atoms with E-state index >= 15 is 0 Å². The van der Waals surface area contributed by atoms with E-state index in [9.17, 15) is 14.4 Å². The average molecular weight is 494 g/mol. The molecule has 10 nitrogen and oxygen atoms in total. The van der Waals surface area contributed by atoms with Crippen LogP contribution in [0.25, 0.3) is 0 Å². The number of nitrogen functional groups attached to an aromatic ring is 1. The number of nitrogens with one attached hydrogen (secondary N) is 1. The van der Waals surface area contributed by atoms with Crippen LogP contribution in [-0.4, -0.2) is 51.0 Å². The van der Waals surface area contributed by atoms with Crippen LogP contribution in [0.2, 0.25) is 0 Å². The van der Waals surface area contributed by atoms with Gasteiger partial charge in [-0.3, -0.25) is 19.4 Å². The van der Waals surface area contributed by atoms with Gasteiger partial charge in [0.05, 0.1) is 12.0 Å². The van der Waals surface area contributed by atoms with E-state index in [1.165, 1.54) is 21.7 Å². The van der Waals surface area contributed by atoms with Crippen molar-refractivity contribution < 1.29 is 14.4 Å². The summed E-state index contributed by atoms with van der Waals surface area (Å²) in [4.78, 5) is 46.5. The van der Waals surface area contributed by atoms with Crippen molar-refractivity contribution in [3.8, 4) is 0 Å². The molecule has 1 aromatic carbocycles. The summed E-state index contributed by atoms with van der Waals surface area (Å²) < 4.78 is 0. The second-order valence-electron chi connectivity index (χ2n) is 8.44. The summed E-state index contributed by atoms with van der Waals surface area (Å²) in [6, 6.07) is 11.1. The van der Waals surface area contributed by atoms with Crippen LogP contribution in [-0.2, 0) is 16.0 Å². The molecule has 0 bridgehead atoms. The molecule has 0 aliphatic carbocycles. The number of amides is 4. The van der Waals surface area contributed by atoms with Crippen LogP contribution in [0.3, 0.4) is 0 Å². The fourth-order valence-electron chi connectivity index (χ4n) is 4.33. The third-order valence-corrected chi connectivity index (χ3v) is 6.81. The van der Waals surface area contributed by atoms with Gasteiger partial charge in [0.25, 0.3) is 5.91 Å². The Morgan fingerprint density at radius 3 is 2.63 bits per heavy atom. The van der Waals surface area contributed by atoms with E-state index in [4.69, 9.17) is 5.73 Å². The molecule has 0 saturated carbocycles. The first-order valence-corrected chi connectivity index (χ1v) is 12.1. The summed E-state index contributed by atoms with van der Waals surface area (Å²) in [5.74, 6) is -1.21. The molecular weight excluding hydrogens is 466 g/mol. The molecule has 1 aliphatic heterocycles. The number of β-lactam (4-membered cyclic amide) rings is 1. The zero-order valence-electron chi connectivity index (χ0n) is 19.7. The SMILES string of the molecule is CCC(NC(=O)N1C(=O)[C@H](Cc2cc(C)nc(N)c2)[C@H]1C(=O)N(C)c1nncs1)c1ccccc1. The van der Waals surface area contributed by atoms with Crippen LogP contribution in [0, 0.1) is 12.8 Å². The molecule has 0 spiro atoms. The van der Waals surface area contributed by atoms with Gasteiger partial charge in [0.2, 0.25) is 11.0 Å². The number of benzene rings is 1. The highest BCUT2D eigenvalue weighted by molar-refractivity contribution is 7.13. The number of rotatable bonds is 7. The lowest BCUT2D eigenvalue weighted by molar-refractivity contribution is -0.156. The highest BCUT2D eigenvalue weighted by atomic mass is 32.1. The highest BCUT2D eigenvalue weighted by Crippen LogP contribution is 2.33. The van der Waals surface area contributed by atoms with E-state index in [0.717, 1.165) is 16.0 Å². The van der Waals surface area contributed by atoms with Crippen molar-refractivity contribution in [3.63, 3.8) is 0 Å². The molecule has 35 heavy (non-hydrogen) atoms. The van der Waals surface area contributed by atoms with Gasteiger partial charge in [-0.15, -0.1) is 10.2 Å². The maximum Gasteiger partial charge on any atom is 0.325 e. The largest absolute Gasteiger partial charge is 0.384 e. The molecule has 1 aliphatic rings. The molecule has 1 unspecified atom stereocenters. The summed E-state index contributed by atoms with van der Waals surface area (Å²) in [5.41, 5.74) is 9.80. The smallest absolute Gasteiger partial charge is 0.325 e. The van der Waals surface area contributed by atoms with E-state index in [-0.39, 0.29) is 12.5 Å². The normalized spacial score (nSPS) is 18.0. The van der Waals surface area contributed by atoms with E-state index in [1.807, 2.05) is 50.2 Å². The summed E-state index contributed by atoms with van der Waals surface area (Å²) in [6.07, 6.45) is 0.881. The van der Waals surface area contributed by atoms with Gasteiger partial charge in [-0.1, -0.05) is 48.6 Å². The number of likely N-dealkylation sites (tertiary alicyclic amines) is 1. The van der Waals surface area contributed by atoms with Crippen LogP contribution in [0.15, 0.2) is 48.0 Å². The van der Waals surface area contributed by atoms with Crippen LogP contribution in [0.5, 0.6) is 0 Å². The Morgan fingerprint density at radius 1 is 1.26 bits per heavy atom. The second kappa shape index (κ2) is 10.2. The van der Waals surface area contributed by atoms with Gasteiger partial charge in [0, 0.05) is 12.7 Å². The van der Waals surface area contributed by atoms with Gasteiger partial charge in [-0.25, -0.2) is 9.78 Å². The summed E-state index contributed by atoms with van der Waals surface area (Å²) in [5, 5.41) is 11.0. The minimum absolute atomic E-state index is 0.256. The van der Waals surface area contributed by atoms with Gasteiger partial charge in [0.1, 0.15) is 17.4 Å². The van der Waals surface area contributed by atoms with E-state index in [0.29, 0.717) is 23.1 Å². The van der Waals surface area contributed by atoms with Crippen molar-refractivity contribution in [2.45, 2.75) is 38.8 Å². The minimum atomic E-state index is -0.987. The number of aryl methyl sites for hydroxylation is 1. The zero-order valence-corrected chi connectivity index (χ0v) is 20.5. The standard InChI is InChI=1S/C24H27N7O3S/c1-4-18(16-8-6-5-7-9-16)28-23(34)31-20(22(33)30(3)24-29-26-13-35-24)17(21(31)32)11-15-10-14(2)27-19(25)12-15/h5-10,12-13,17-18,20H,4,11H2,1-3H3,(H2,25,27)(H,28,34)/t17-,18?,20+/m1/s1. The third-order valence-electron chi connectivity index (χ3n) is 6.05. The molecule has 3 N–H and O–H groups in total. The zero-order chi connectivity index (χ0) is 25.1. The van der Waals surface area contributed by atoms with Gasteiger partial charge in [-0.05, 0) is 43.0 Å². The van der Waals surface area contributed by atoms with Gasteiger partial charge in [0.15, 0.2) is 0 Å². The van der Waals surface area contributed by atoms with E-state index in [2.05, 4.69) is 20.5 Å². The summed E-state index contributed by atoms with van der Waals surface area (Å²) in [7, 11) is 1.56. The van der Waals surface area contributed by atoms with Gasteiger partial charge < -0.3 is 11.1 Å². The van der Waals surface area contributed by atoms with E-state index in [1.54, 1.807) is 13.1 Å². The number of imide groups is 1. The number of aromatic nitrogens is 3. The number of urea groups is 1. The number of carbonyl (C=O) groups excluding carboxylic acids is 3. The van der Waals surface area contributed by atoms with Crippen LogP contribution >= 0.6 is 11.3 Å². The summed E-state index contributed by atoms with van der Waals surface area (Å²) >= 11 is 1.20. The van der Waals surface area contributed by atoms with Crippen molar-refractivity contribution in [2.24, 2.45) is 5.92 Å². The molecular formula is C24H27N7O3S. The number of likely N-dealkylation sites (N-methyl/N-ethyl adjacent to an activating group) is 1. The van der Waals surface area contributed by atoms with Crippen molar-refractivity contribution in [3.05, 3.63) is 64.8 Å². The Hall–Kier alpha value is -3.86. The number of carbonyl (C=O) groups is 3. The molecule has 3 atom stereocenters. The highest BCUT2D eigenvalue weighted by Gasteiger charge is 2.55. The number of hydrogen-bond donors (Lipinski definition) is 2. The van der Waals surface area contributed by atoms with Gasteiger partial charge in [-0.2, -0.15) is 0 Å². The molecule has 4 rings (SSSR count). The monoisotopic (exact) mass is 493 g/mol. The van der Waals surface area contributed by atoms with Gasteiger partial charge >= 0.3 is 6.03 Å². The minimum Gasteiger partial charge on any atom is -0.384 e. The molecule has 0 radical (unpaired) electrons. The molecule has 2 aromatic heterocycles. The molecule has 182 valence electrons. The third kappa shape index (κ3) is 4.99. The number of nitrogens with zero attached hydrogens (tertiary/aromatic N) is 5. The summed E-state index contributed by atoms with van der Waals surface area (Å²) in [6.45, 7) is 3.75. The molecule has 3 heterocycles. The second-order valence-corrected chi connectivity index (χ2v) is 9.26. The van der Waals surface area contributed by atoms with Crippen molar-refractivity contribution in [2.75, 3.05) is 17.7 Å². The Bertz CT molecular complexity index is 1200. The maximum absolute atomic E-state index is 13.5. The number of nitrogens with two attached hydrogens (primary N) is 1.